The summed E-state index contributed by atoms with van der Waals surface area (Å²) in [7, 11) is 0. The molecular weight excluding hydrogens is 323 g/mol. The van der Waals surface area contributed by atoms with Gasteiger partial charge in [0, 0.05) is 12.1 Å². The lowest BCUT2D eigenvalue weighted by Gasteiger charge is -2.29. The number of piperidine rings is 1. The van der Waals surface area contributed by atoms with Crippen molar-refractivity contribution in [2.24, 2.45) is 0 Å². The van der Waals surface area contributed by atoms with Gasteiger partial charge in [0.25, 0.3) is 0 Å². The molecule has 1 aromatic rings. The van der Waals surface area contributed by atoms with Gasteiger partial charge in [0.1, 0.15) is 11.9 Å². The van der Waals surface area contributed by atoms with E-state index in [1.54, 1.807) is 0 Å². The van der Waals surface area contributed by atoms with Gasteiger partial charge < -0.3 is 15.2 Å². The van der Waals surface area contributed by atoms with Crippen molar-refractivity contribution in [3.63, 3.8) is 0 Å². The van der Waals surface area contributed by atoms with Crippen LogP contribution in [0.1, 0.15) is 38.2 Å². The number of aliphatic carboxylic acids is 1. The maximum atomic E-state index is 10.6. The number of ether oxygens (including phenoxy) is 1. The summed E-state index contributed by atoms with van der Waals surface area (Å²) in [5.41, 5.74) is 1.38. The predicted octanol–water partition coefficient (Wildman–Crippen LogP) is 3.54. The number of hydrogen-bond acceptors (Lipinski definition) is 3. The van der Waals surface area contributed by atoms with Crippen molar-refractivity contribution >= 4 is 5.97 Å². The minimum atomic E-state index is -5.08. The molecule has 7 heteroatoms. The van der Waals surface area contributed by atoms with Gasteiger partial charge in [-0.05, 0) is 49.8 Å². The third-order valence-corrected chi connectivity index (χ3v) is 4.31. The third-order valence-electron chi connectivity index (χ3n) is 4.31. The molecule has 2 bridgehead atoms. The highest BCUT2D eigenvalue weighted by Crippen LogP contribution is 2.29. The van der Waals surface area contributed by atoms with Crippen molar-refractivity contribution in [3.8, 4) is 5.75 Å². The van der Waals surface area contributed by atoms with Crippen LogP contribution < -0.4 is 10.1 Å². The van der Waals surface area contributed by atoms with E-state index in [0.717, 1.165) is 12.2 Å². The second-order valence-electron chi connectivity index (χ2n) is 6.15. The molecule has 0 aromatic heterocycles. The summed E-state index contributed by atoms with van der Waals surface area (Å²) in [5, 5.41) is 10.8. The Labute approximate surface area is 139 Å². The van der Waals surface area contributed by atoms with Gasteiger partial charge in [-0.2, -0.15) is 13.2 Å². The van der Waals surface area contributed by atoms with Crippen LogP contribution in [-0.4, -0.2) is 35.4 Å². The number of aryl methyl sites for hydroxylation is 1. The number of carboxylic acids is 1. The van der Waals surface area contributed by atoms with Crippen LogP contribution >= 0.6 is 0 Å². The van der Waals surface area contributed by atoms with E-state index < -0.39 is 12.1 Å². The van der Waals surface area contributed by atoms with Gasteiger partial charge in [-0.3, -0.25) is 0 Å². The zero-order valence-corrected chi connectivity index (χ0v) is 13.5. The molecule has 1 unspecified atom stereocenters. The molecule has 2 heterocycles. The molecule has 2 saturated heterocycles. The summed E-state index contributed by atoms with van der Waals surface area (Å²) in [5.74, 6) is -1.72. The minimum absolute atomic E-state index is 0.418. The van der Waals surface area contributed by atoms with Gasteiger partial charge in [0.15, 0.2) is 0 Å². The van der Waals surface area contributed by atoms with Gasteiger partial charge in [-0.25, -0.2) is 4.79 Å². The van der Waals surface area contributed by atoms with Crippen molar-refractivity contribution < 1.29 is 27.8 Å². The molecule has 0 spiro atoms. The smallest absolute Gasteiger partial charge is 0.490 e. The normalized spacial score (nSPS) is 25.6. The van der Waals surface area contributed by atoms with Gasteiger partial charge >= 0.3 is 12.1 Å². The van der Waals surface area contributed by atoms with Crippen LogP contribution in [0.4, 0.5) is 13.2 Å². The summed E-state index contributed by atoms with van der Waals surface area (Å²) in [6.07, 6.45) is 1.44. The molecule has 24 heavy (non-hydrogen) atoms. The Kier molecular flexibility index (Phi) is 6.10. The zero-order valence-electron chi connectivity index (χ0n) is 13.5. The Morgan fingerprint density at radius 3 is 2.12 bits per heavy atom. The first-order valence-electron chi connectivity index (χ1n) is 8.09. The van der Waals surface area contributed by atoms with E-state index in [-0.39, 0.29) is 0 Å². The highest BCUT2D eigenvalue weighted by atomic mass is 19.4. The molecule has 2 fully saturated rings. The van der Waals surface area contributed by atoms with E-state index in [9.17, 15) is 13.2 Å². The lowest BCUT2D eigenvalue weighted by atomic mass is 10.0. The standard InChI is InChI=1S/C15H21NO.C2HF3O2/c1-2-11-3-7-14(8-4-11)17-15-9-12-5-6-13(10-15)16-12;3-2(4,5)1(6)7/h3-4,7-8,12-13,15-16H,2,5-6,9-10H2,1H3;(H,6,7)/t12-,13+,15?;. The number of carboxylic acid groups (broad SMARTS) is 1. The van der Waals surface area contributed by atoms with E-state index in [1.165, 1.54) is 31.2 Å². The highest BCUT2D eigenvalue weighted by molar-refractivity contribution is 5.73. The van der Waals surface area contributed by atoms with E-state index in [1.807, 2.05) is 0 Å². The Balaban J connectivity index is 0.000000256. The van der Waals surface area contributed by atoms with Crippen molar-refractivity contribution in [2.45, 2.75) is 63.4 Å². The number of benzene rings is 1. The Morgan fingerprint density at radius 2 is 1.71 bits per heavy atom. The second kappa shape index (κ2) is 7.88. The molecule has 2 N–H and O–H groups in total. The largest absolute Gasteiger partial charge is 0.490 e. The number of hydrogen-bond donors (Lipinski definition) is 2. The van der Waals surface area contributed by atoms with E-state index in [0.29, 0.717) is 18.2 Å². The first kappa shape index (κ1) is 18.6. The van der Waals surface area contributed by atoms with Crippen LogP contribution in [0.25, 0.3) is 0 Å². The van der Waals surface area contributed by atoms with E-state index in [4.69, 9.17) is 14.6 Å². The van der Waals surface area contributed by atoms with Crippen molar-refractivity contribution in [2.75, 3.05) is 0 Å². The first-order chi connectivity index (χ1) is 11.3. The molecule has 1 aromatic carbocycles. The summed E-state index contributed by atoms with van der Waals surface area (Å²) in [6.45, 7) is 2.18. The third kappa shape index (κ3) is 5.40. The fourth-order valence-electron chi connectivity index (χ4n) is 3.10. The number of carbonyl (C=O) groups is 1. The zero-order chi connectivity index (χ0) is 17.7. The molecular formula is C17H22F3NO3. The monoisotopic (exact) mass is 345 g/mol. The predicted molar refractivity (Wildman–Crippen MR) is 83.1 cm³/mol. The Bertz CT molecular complexity index is 533. The average Bonchev–Trinajstić information content (AvgIpc) is 2.86. The van der Waals surface area contributed by atoms with Crippen LogP contribution in [-0.2, 0) is 11.2 Å². The minimum Gasteiger partial charge on any atom is -0.490 e. The average molecular weight is 345 g/mol. The molecule has 2 aliphatic heterocycles. The summed E-state index contributed by atoms with van der Waals surface area (Å²) >= 11 is 0. The van der Waals surface area contributed by atoms with Crippen LogP contribution in [0.3, 0.4) is 0 Å². The van der Waals surface area contributed by atoms with Crippen LogP contribution in [0.5, 0.6) is 5.75 Å². The fraction of sp³-hybridized carbons (Fsp3) is 0.588. The van der Waals surface area contributed by atoms with Crippen molar-refractivity contribution in [1.82, 2.24) is 5.32 Å². The van der Waals surface area contributed by atoms with Crippen LogP contribution in [0, 0.1) is 0 Å². The quantitative estimate of drug-likeness (QED) is 0.880. The van der Waals surface area contributed by atoms with E-state index in [2.05, 4.69) is 36.5 Å². The summed E-state index contributed by atoms with van der Waals surface area (Å²) in [6, 6.07) is 9.98. The molecule has 3 rings (SSSR count). The molecule has 0 amide bonds. The lowest BCUT2D eigenvalue weighted by molar-refractivity contribution is -0.192. The topological polar surface area (TPSA) is 58.6 Å². The molecule has 3 atom stereocenters. The lowest BCUT2D eigenvalue weighted by Crippen LogP contribution is -2.42. The van der Waals surface area contributed by atoms with Gasteiger partial charge in [0.2, 0.25) is 0 Å². The van der Waals surface area contributed by atoms with Crippen LogP contribution in [0.2, 0.25) is 0 Å². The first-order valence-corrected chi connectivity index (χ1v) is 8.09. The molecule has 134 valence electrons. The van der Waals surface area contributed by atoms with Crippen LogP contribution in [0.15, 0.2) is 24.3 Å². The van der Waals surface area contributed by atoms with Gasteiger partial charge in [-0.1, -0.05) is 19.1 Å². The molecule has 0 saturated carbocycles. The van der Waals surface area contributed by atoms with Crippen molar-refractivity contribution in [3.05, 3.63) is 29.8 Å². The second-order valence-corrected chi connectivity index (χ2v) is 6.15. The van der Waals surface area contributed by atoms with Crippen molar-refractivity contribution in [1.29, 1.82) is 0 Å². The highest BCUT2D eigenvalue weighted by Gasteiger charge is 2.38. The maximum absolute atomic E-state index is 10.6. The number of alkyl halides is 3. The van der Waals surface area contributed by atoms with E-state index >= 15 is 0 Å². The molecule has 0 aliphatic carbocycles. The number of halogens is 3. The maximum Gasteiger partial charge on any atom is 0.490 e. The molecule has 2 aliphatic rings. The molecule has 4 nitrogen and oxygen atoms in total. The fourth-order valence-corrected chi connectivity index (χ4v) is 3.10. The number of nitrogens with one attached hydrogen (secondary N) is 1. The Hall–Kier alpha value is -1.76. The Morgan fingerprint density at radius 1 is 1.21 bits per heavy atom. The SMILES string of the molecule is CCc1ccc(OC2C[C@H]3CC[C@@H](C2)N3)cc1.O=C(O)C(F)(F)F. The molecule has 0 radical (unpaired) electrons. The van der Waals surface area contributed by atoms with Gasteiger partial charge in [-0.15, -0.1) is 0 Å². The number of fused-ring (bicyclic) bond motifs is 2. The number of rotatable bonds is 3. The van der Waals surface area contributed by atoms with Gasteiger partial charge in [0.05, 0.1) is 0 Å². The summed E-state index contributed by atoms with van der Waals surface area (Å²) in [4.78, 5) is 8.90. The summed E-state index contributed by atoms with van der Waals surface area (Å²) < 4.78 is 37.8.